The molecular weight excluding hydrogens is 356 g/mol. The van der Waals surface area contributed by atoms with Crippen molar-refractivity contribution in [2.75, 3.05) is 32.9 Å². The lowest BCUT2D eigenvalue weighted by Crippen LogP contribution is -2.35. The largest absolute Gasteiger partial charge is 0.545 e. The normalized spacial score (nSPS) is 15.0. The molecule has 0 bridgehead atoms. The Balaban J connectivity index is 1.33. The van der Waals surface area contributed by atoms with E-state index in [1.807, 2.05) is 29.0 Å². The predicted molar refractivity (Wildman–Crippen MR) is 104 cm³/mol. The maximum atomic E-state index is 11.1. The number of hydrogen-bond donors (Lipinski definition) is 0. The van der Waals surface area contributed by atoms with Gasteiger partial charge in [0, 0.05) is 31.3 Å². The monoisotopic (exact) mass is 379 g/mol. The molecule has 0 N–H and O–H groups in total. The van der Waals surface area contributed by atoms with E-state index in [2.05, 4.69) is 17.0 Å². The Morgan fingerprint density at radius 3 is 2.61 bits per heavy atom. The summed E-state index contributed by atoms with van der Waals surface area (Å²) in [4.78, 5) is 13.5. The lowest BCUT2D eigenvalue weighted by Gasteiger charge is -2.26. The third-order valence-corrected chi connectivity index (χ3v) is 5.04. The van der Waals surface area contributed by atoms with E-state index in [4.69, 9.17) is 9.47 Å². The molecule has 0 aliphatic carbocycles. The fourth-order valence-electron chi connectivity index (χ4n) is 3.48. The van der Waals surface area contributed by atoms with Gasteiger partial charge in [-0.1, -0.05) is 24.3 Å². The number of hydrogen-bond acceptors (Lipinski definition) is 5. The molecule has 28 heavy (non-hydrogen) atoms. The van der Waals surface area contributed by atoms with E-state index in [0.29, 0.717) is 13.2 Å². The zero-order valence-electron chi connectivity index (χ0n) is 15.7. The maximum absolute atomic E-state index is 11.1. The number of aromatic nitrogens is 1. The highest BCUT2D eigenvalue weighted by Gasteiger charge is 2.10. The van der Waals surface area contributed by atoms with Crippen molar-refractivity contribution in [2.24, 2.45) is 0 Å². The number of carboxylic acids is 1. The van der Waals surface area contributed by atoms with Crippen LogP contribution >= 0.6 is 0 Å². The Bertz CT molecular complexity index is 943. The standard InChI is InChI=1S/C22H24N2O4/c25-22(26)19-4-3-18-7-8-24(21(18)15-19)11-14-28-20-5-1-17(2-6-20)16-23-9-12-27-13-10-23/h1-8,15H,9-14,16H2,(H,25,26)/p-1. The summed E-state index contributed by atoms with van der Waals surface area (Å²) in [6.45, 7) is 5.63. The number of fused-ring (bicyclic) bond motifs is 1. The first-order chi connectivity index (χ1) is 13.7. The molecular formula is C22H23N2O4-. The molecule has 146 valence electrons. The van der Waals surface area contributed by atoms with Crippen molar-refractivity contribution in [3.63, 3.8) is 0 Å². The average Bonchev–Trinajstić information content (AvgIpc) is 3.12. The predicted octanol–water partition coefficient (Wildman–Crippen LogP) is 1.92. The first-order valence-corrected chi connectivity index (χ1v) is 9.51. The van der Waals surface area contributed by atoms with Crippen LogP contribution in [0.15, 0.2) is 54.7 Å². The summed E-state index contributed by atoms with van der Waals surface area (Å²) < 4.78 is 13.2. The van der Waals surface area contributed by atoms with E-state index in [-0.39, 0.29) is 5.56 Å². The molecule has 1 fully saturated rings. The summed E-state index contributed by atoms with van der Waals surface area (Å²) in [5.41, 5.74) is 2.32. The number of morpholine rings is 1. The molecule has 0 atom stereocenters. The Hall–Kier alpha value is -2.83. The van der Waals surface area contributed by atoms with Gasteiger partial charge < -0.3 is 23.9 Å². The molecule has 1 aliphatic heterocycles. The Morgan fingerprint density at radius 1 is 1.07 bits per heavy atom. The van der Waals surface area contributed by atoms with Gasteiger partial charge in [0.25, 0.3) is 0 Å². The maximum Gasteiger partial charge on any atom is 0.119 e. The topological polar surface area (TPSA) is 66.8 Å². The molecule has 1 saturated heterocycles. The number of carboxylic acid groups (broad SMARTS) is 1. The van der Waals surface area contributed by atoms with Crippen LogP contribution in [0.1, 0.15) is 15.9 Å². The minimum atomic E-state index is -1.16. The van der Waals surface area contributed by atoms with Crippen LogP contribution in [0.5, 0.6) is 5.75 Å². The summed E-state index contributed by atoms with van der Waals surface area (Å²) in [6, 6.07) is 15.2. The Kier molecular flexibility index (Phi) is 5.60. The molecule has 0 amide bonds. The smallest absolute Gasteiger partial charge is 0.119 e. The highest BCUT2D eigenvalue weighted by Crippen LogP contribution is 2.18. The number of carbonyl (C=O) groups is 1. The first kappa shape index (κ1) is 18.5. The van der Waals surface area contributed by atoms with Crippen molar-refractivity contribution in [3.05, 3.63) is 65.9 Å². The molecule has 2 aromatic carbocycles. The van der Waals surface area contributed by atoms with E-state index in [1.54, 1.807) is 18.2 Å². The van der Waals surface area contributed by atoms with Crippen LogP contribution < -0.4 is 9.84 Å². The van der Waals surface area contributed by atoms with Gasteiger partial charge in [0.2, 0.25) is 0 Å². The lowest BCUT2D eigenvalue weighted by atomic mass is 10.2. The number of benzene rings is 2. The van der Waals surface area contributed by atoms with E-state index < -0.39 is 5.97 Å². The number of ether oxygens (including phenoxy) is 2. The van der Waals surface area contributed by atoms with Crippen molar-refractivity contribution in [1.29, 1.82) is 0 Å². The van der Waals surface area contributed by atoms with Crippen LogP contribution in [-0.4, -0.2) is 48.3 Å². The minimum Gasteiger partial charge on any atom is -0.545 e. The summed E-state index contributed by atoms with van der Waals surface area (Å²) in [6.07, 6.45) is 1.94. The molecule has 2 heterocycles. The zero-order valence-corrected chi connectivity index (χ0v) is 15.7. The van der Waals surface area contributed by atoms with Gasteiger partial charge in [-0.15, -0.1) is 0 Å². The lowest BCUT2D eigenvalue weighted by molar-refractivity contribution is -0.255. The second-order valence-electron chi connectivity index (χ2n) is 6.95. The van der Waals surface area contributed by atoms with Crippen molar-refractivity contribution in [2.45, 2.75) is 13.1 Å². The SMILES string of the molecule is O=C([O-])c1ccc2ccn(CCOc3ccc(CN4CCOCC4)cc3)c2c1. The van der Waals surface area contributed by atoms with Crippen molar-refractivity contribution in [1.82, 2.24) is 9.47 Å². The molecule has 1 aliphatic rings. The minimum absolute atomic E-state index is 0.184. The van der Waals surface area contributed by atoms with Crippen LogP contribution in [0.4, 0.5) is 0 Å². The fourth-order valence-corrected chi connectivity index (χ4v) is 3.48. The van der Waals surface area contributed by atoms with Gasteiger partial charge in [-0.05, 0) is 40.8 Å². The van der Waals surface area contributed by atoms with Crippen LogP contribution in [0.3, 0.4) is 0 Å². The first-order valence-electron chi connectivity index (χ1n) is 9.51. The highest BCUT2D eigenvalue weighted by atomic mass is 16.5. The van der Waals surface area contributed by atoms with Gasteiger partial charge in [0.05, 0.1) is 25.7 Å². The molecule has 1 aromatic heterocycles. The van der Waals surface area contributed by atoms with E-state index in [1.165, 1.54) is 5.56 Å². The molecule has 0 unspecified atom stereocenters. The second kappa shape index (κ2) is 8.46. The van der Waals surface area contributed by atoms with E-state index in [0.717, 1.165) is 49.5 Å². The van der Waals surface area contributed by atoms with Crippen molar-refractivity contribution in [3.8, 4) is 5.75 Å². The molecule has 0 radical (unpaired) electrons. The number of nitrogens with zero attached hydrogens (tertiary/aromatic N) is 2. The van der Waals surface area contributed by atoms with Gasteiger partial charge in [-0.2, -0.15) is 0 Å². The molecule has 0 saturated carbocycles. The fraction of sp³-hybridized carbons (Fsp3) is 0.318. The molecule has 6 heteroatoms. The highest BCUT2D eigenvalue weighted by molar-refractivity contribution is 5.92. The van der Waals surface area contributed by atoms with Crippen LogP contribution in [0, 0.1) is 0 Å². The van der Waals surface area contributed by atoms with Gasteiger partial charge in [-0.3, -0.25) is 4.90 Å². The average molecular weight is 379 g/mol. The van der Waals surface area contributed by atoms with E-state index >= 15 is 0 Å². The molecule has 3 aromatic rings. The summed E-state index contributed by atoms with van der Waals surface area (Å²) in [5.74, 6) is -0.333. The van der Waals surface area contributed by atoms with Crippen LogP contribution in [0.25, 0.3) is 10.9 Å². The summed E-state index contributed by atoms with van der Waals surface area (Å²) in [5, 5.41) is 12.1. The van der Waals surface area contributed by atoms with Gasteiger partial charge in [-0.25, -0.2) is 0 Å². The quantitative estimate of drug-likeness (QED) is 0.627. The molecule has 6 nitrogen and oxygen atoms in total. The number of rotatable bonds is 7. The number of carbonyl (C=O) groups excluding carboxylic acids is 1. The summed E-state index contributed by atoms with van der Waals surface area (Å²) in [7, 11) is 0. The van der Waals surface area contributed by atoms with E-state index in [9.17, 15) is 9.90 Å². The number of aromatic carboxylic acids is 1. The Morgan fingerprint density at radius 2 is 1.86 bits per heavy atom. The van der Waals surface area contributed by atoms with Crippen molar-refractivity contribution < 1.29 is 19.4 Å². The van der Waals surface area contributed by atoms with Crippen molar-refractivity contribution >= 4 is 16.9 Å². The van der Waals surface area contributed by atoms with Gasteiger partial charge >= 0.3 is 0 Å². The summed E-state index contributed by atoms with van der Waals surface area (Å²) >= 11 is 0. The molecule has 0 spiro atoms. The van der Waals surface area contributed by atoms with Gasteiger partial charge in [0.1, 0.15) is 12.4 Å². The van der Waals surface area contributed by atoms with Crippen LogP contribution in [0.2, 0.25) is 0 Å². The third-order valence-electron chi connectivity index (χ3n) is 5.04. The third kappa shape index (κ3) is 4.35. The van der Waals surface area contributed by atoms with Crippen LogP contribution in [-0.2, 0) is 17.8 Å². The molecule has 4 rings (SSSR count). The Labute approximate surface area is 163 Å². The second-order valence-corrected chi connectivity index (χ2v) is 6.95. The zero-order chi connectivity index (χ0) is 19.3. The van der Waals surface area contributed by atoms with Gasteiger partial charge in [0.15, 0.2) is 0 Å².